The van der Waals surface area contributed by atoms with Gasteiger partial charge in [-0.05, 0) is 48.9 Å². The molecule has 4 nitrogen and oxygen atoms in total. The zero-order valence-electron chi connectivity index (χ0n) is 16.1. The minimum absolute atomic E-state index is 0. The third kappa shape index (κ3) is 4.82. The number of nitrogens with zero attached hydrogens (tertiary/aromatic N) is 2. The second-order valence-corrected chi connectivity index (χ2v) is 7.75. The smallest absolute Gasteiger partial charge is 0.203 e. The van der Waals surface area contributed by atoms with Crippen molar-refractivity contribution in [1.82, 2.24) is 9.13 Å². The maximum Gasteiger partial charge on any atom is 0.203 e. The molecule has 3 aromatic carbocycles. The summed E-state index contributed by atoms with van der Waals surface area (Å²) >= 11 is 3.48. The molecule has 0 atom stereocenters. The first-order chi connectivity index (χ1) is 13.6. The van der Waals surface area contributed by atoms with Crippen molar-refractivity contribution in [2.75, 3.05) is 6.61 Å². The predicted octanol–water partition coefficient (Wildman–Crippen LogP) is 5.70. The van der Waals surface area contributed by atoms with Crippen LogP contribution in [0.25, 0.3) is 11.0 Å². The molecule has 0 saturated carbocycles. The summed E-state index contributed by atoms with van der Waals surface area (Å²) in [6.07, 6.45) is 0. The van der Waals surface area contributed by atoms with Crippen LogP contribution in [-0.2, 0) is 13.1 Å². The number of aromatic nitrogens is 2. The van der Waals surface area contributed by atoms with Gasteiger partial charge < -0.3 is 13.9 Å². The normalized spacial score (nSPS) is 10.7. The zero-order chi connectivity index (χ0) is 19.5. The molecule has 0 aliphatic carbocycles. The highest BCUT2D eigenvalue weighted by Crippen LogP contribution is 2.17. The quantitative estimate of drug-likeness (QED) is 0.351. The number of imidazole rings is 1. The Morgan fingerprint density at radius 2 is 1.48 bits per heavy atom. The molecule has 4 rings (SSSR count). The summed E-state index contributed by atoms with van der Waals surface area (Å²) < 4.78 is 11.0. The number of hydrogen-bond donors (Lipinski definition) is 1. The SMILES string of the molecule is Br.Cc1ccc(OCCn2c(=N)n(Cc3ccc(Br)cc3)c3ccccc32)cc1. The molecular weight excluding hydrogens is 494 g/mol. The molecule has 0 radical (unpaired) electrons. The predicted molar refractivity (Wildman–Crippen MR) is 126 cm³/mol. The molecule has 29 heavy (non-hydrogen) atoms. The van der Waals surface area contributed by atoms with Gasteiger partial charge in [-0.25, -0.2) is 0 Å². The third-order valence-electron chi connectivity index (χ3n) is 4.83. The molecule has 0 saturated heterocycles. The van der Waals surface area contributed by atoms with Crippen LogP contribution in [0, 0.1) is 12.3 Å². The van der Waals surface area contributed by atoms with Gasteiger partial charge in [-0.3, -0.25) is 5.41 Å². The number of rotatable bonds is 6. The van der Waals surface area contributed by atoms with E-state index in [1.165, 1.54) is 11.1 Å². The highest BCUT2D eigenvalue weighted by molar-refractivity contribution is 9.10. The topological polar surface area (TPSA) is 42.9 Å². The molecule has 0 aliphatic heterocycles. The van der Waals surface area contributed by atoms with E-state index in [4.69, 9.17) is 10.1 Å². The summed E-state index contributed by atoms with van der Waals surface area (Å²) in [5.74, 6) is 0.858. The van der Waals surface area contributed by atoms with Gasteiger partial charge in [-0.2, -0.15) is 0 Å². The highest BCUT2D eigenvalue weighted by Gasteiger charge is 2.11. The summed E-state index contributed by atoms with van der Waals surface area (Å²) in [5.41, 5.74) is 4.98. The largest absolute Gasteiger partial charge is 0.492 e. The number of hydrogen-bond acceptors (Lipinski definition) is 2. The summed E-state index contributed by atoms with van der Waals surface area (Å²) in [7, 11) is 0. The maximum atomic E-state index is 8.74. The van der Waals surface area contributed by atoms with E-state index in [0.29, 0.717) is 25.3 Å². The Balaban J connectivity index is 0.00000240. The Morgan fingerprint density at radius 3 is 2.14 bits per heavy atom. The standard InChI is InChI=1S/C23H22BrN3O.BrH/c1-17-6-12-20(13-7-17)28-15-14-26-21-4-2-3-5-22(21)27(23(26)25)16-18-8-10-19(24)11-9-18;/h2-13,25H,14-16H2,1H3;1H. The lowest BCUT2D eigenvalue weighted by Gasteiger charge is -2.08. The van der Waals surface area contributed by atoms with Crippen LogP contribution in [0.5, 0.6) is 5.75 Å². The Hall–Kier alpha value is -2.31. The molecule has 0 fully saturated rings. The zero-order valence-corrected chi connectivity index (χ0v) is 19.4. The first-order valence-electron chi connectivity index (χ1n) is 9.28. The molecule has 1 aromatic heterocycles. The average molecular weight is 517 g/mol. The van der Waals surface area contributed by atoms with Crippen molar-refractivity contribution in [3.63, 3.8) is 0 Å². The van der Waals surface area contributed by atoms with Gasteiger partial charge in [0.15, 0.2) is 0 Å². The lowest BCUT2D eigenvalue weighted by atomic mass is 10.2. The Labute approximate surface area is 189 Å². The van der Waals surface area contributed by atoms with E-state index in [2.05, 4.69) is 47.1 Å². The van der Waals surface area contributed by atoms with Crippen molar-refractivity contribution in [3.05, 3.63) is 94.0 Å². The van der Waals surface area contributed by atoms with Crippen molar-refractivity contribution >= 4 is 43.9 Å². The van der Waals surface area contributed by atoms with Gasteiger partial charge in [0.05, 0.1) is 24.1 Å². The summed E-state index contributed by atoms with van der Waals surface area (Å²) in [6, 6.07) is 24.5. The van der Waals surface area contributed by atoms with Crippen LogP contribution >= 0.6 is 32.9 Å². The summed E-state index contributed by atoms with van der Waals surface area (Å²) in [4.78, 5) is 0. The van der Waals surface area contributed by atoms with Gasteiger partial charge >= 0.3 is 0 Å². The third-order valence-corrected chi connectivity index (χ3v) is 5.36. The first-order valence-corrected chi connectivity index (χ1v) is 10.1. The Kier molecular flexibility index (Phi) is 6.98. The van der Waals surface area contributed by atoms with Crippen LogP contribution in [0.2, 0.25) is 0 Å². The first kappa shape index (κ1) is 21.4. The van der Waals surface area contributed by atoms with Crippen LogP contribution in [0.4, 0.5) is 0 Å². The van der Waals surface area contributed by atoms with E-state index in [1.54, 1.807) is 0 Å². The fourth-order valence-electron chi connectivity index (χ4n) is 3.34. The highest BCUT2D eigenvalue weighted by atomic mass is 79.9. The molecule has 1 N–H and O–H groups in total. The lowest BCUT2D eigenvalue weighted by molar-refractivity contribution is 0.296. The number of aryl methyl sites for hydroxylation is 1. The van der Waals surface area contributed by atoms with Gasteiger partial charge in [0, 0.05) is 4.47 Å². The van der Waals surface area contributed by atoms with Crippen molar-refractivity contribution in [1.29, 1.82) is 5.41 Å². The Bertz CT molecular complexity index is 1150. The molecule has 0 unspecified atom stereocenters. The second kappa shape index (κ2) is 9.46. The monoisotopic (exact) mass is 515 g/mol. The van der Waals surface area contributed by atoms with Gasteiger partial charge in [-0.15, -0.1) is 17.0 Å². The van der Waals surface area contributed by atoms with Crippen molar-refractivity contribution < 1.29 is 4.74 Å². The van der Waals surface area contributed by atoms with Crippen molar-refractivity contribution in [2.24, 2.45) is 0 Å². The molecule has 1 heterocycles. The van der Waals surface area contributed by atoms with Crippen LogP contribution in [0.1, 0.15) is 11.1 Å². The van der Waals surface area contributed by atoms with Crippen LogP contribution in [0.15, 0.2) is 77.3 Å². The fraction of sp³-hybridized carbons (Fsp3) is 0.174. The van der Waals surface area contributed by atoms with Gasteiger partial charge in [0.1, 0.15) is 12.4 Å². The molecule has 0 aliphatic rings. The van der Waals surface area contributed by atoms with Crippen LogP contribution < -0.4 is 10.4 Å². The van der Waals surface area contributed by atoms with Crippen molar-refractivity contribution in [2.45, 2.75) is 20.0 Å². The lowest BCUT2D eigenvalue weighted by Crippen LogP contribution is -2.27. The van der Waals surface area contributed by atoms with Crippen LogP contribution in [-0.4, -0.2) is 15.7 Å². The number of fused-ring (bicyclic) bond motifs is 1. The molecule has 0 bridgehead atoms. The maximum absolute atomic E-state index is 8.74. The van der Waals surface area contributed by atoms with Gasteiger partial charge in [0.2, 0.25) is 5.62 Å². The van der Waals surface area contributed by atoms with Crippen LogP contribution in [0.3, 0.4) is 0 Å². The summed E-state index contributed by atoms with van der Waals surface area (Å²) in [5, 5.41) is 8.74. The molecule has 4 aromatic rings. The second-order valence-electron chi connectivity index (χ2n) is 6.84. The number of para-hydroxylation sites is 2. The fourth-order valence-corrected chi connectivity index (χ4v) is 3.61. The van der Waals surface area contributed by atoms with E-state index >= 15 is 0 Å². The van der Waals surface area contributed by atoms with E-state index in [1.807, 2.05) is 57.7 Å². The minimum Gasteiger partial charge on any atom is -0.492 e. The average Bonchev–Trinajstić information content (AvgIpc) is 2.97. The number of ether oxygens (including phenoxy) is 1. The van der Waals surface area contributed by atoms with E-state index in [-0.39, 0.29) is 17.0 Å². The number of halogens is 2. The molecule has 0 amide bonds. The van der Waals surface area contributed by atoms with Gasteiger partial charge in [0.25, 0.3) is 0 Å². The van der Waals surface area contributed by atoms with E-state index in [0.717, 1.165) is 21.3 Å². The minimum atomic E-state index is 0. The molecule has 150 valence electrons. The molecular formula is C23H23Br2N3O. The number of benzene rings is 3. The number of nitrogens with one attached hydrogen (secondary N) is 1. The van der Waals surface area contributed by atoms with Crippen molar-refractivity contribution in [3.8, 4) is 5.75 Å². The molecule has 0 spiro atoms. The van der Waals surface area contributed by atoms with E-state index in [9.17, 15) is 0 Å². The summed E-state index contributed by atoms with van der Waals surface area (Å²) in [6.45, 7) is 3.87. The van der Waals surface area contributed by atoms with E-state index < -0.39 is 0 Å². The molecule has 6 heteroatoms. The van der Waals surface area contributed by atoms with Gasteiger partial charge in [-0.1, -0.05) is 57.9 Å². The Morgan fingerprint density at radius 1 is 0.862 bits per heavy atom.